The Kier molecular flexibility index (Phi) is 5.95. The third-order valence-corrected chi connectivity index (χ3v) is 7.76. The largest absolute Gasteiger partial charge is 0.367 e. The fraction of sp³-hybridized carbons (Fsp3) is 0.320. The zero-order valence-electron chi connectivity index (χ0n) is 17.8. The number of benzene rings is 2. The predicted molar refractivity (Wildman–Crippen MR) is 128 cm³/mol. The van der Waals surface area contributed by atoms with Gasteiger partial charge < -0.3 is 15.4 Å². The molecule has 2 N–H and O–H groups in total. The summed E-state index contributed by atoms with van der Waals surface area (Å²) in [5.74, 6) is -0.807. The molecule has 2 amide bonds. The highest BCUT2D eigenvalue weighted by molar-refractivity contribution is 7.17. The van der Waals surface area contributed by atoms with Crippen LogP contribution in [-0.4, -0.2) is 41.9 Å². The molecule has 3 unspecified atom stereocenters. The van der Waals surface area contributed by atoms with Gasteiger partial charge in [-0.15, -0.1) is 11.3 Å². The first kappa shape index (κ1) is 22.1. The van der Waals surface area contributed by atoms with E-state index in [2.05, 4.69) is 10.6 Å². The molecule has 0 spiro atoms. The van der Waals surface area contributed by atoms with Gasteiger partial charge in [-0.3, -0.25) is 14.4 Å². The predicted octanol–water partition coefficient (Wildman–Crippen LogP) is 3.90. The number of amides is 2. The van der Waals surface area contributed by atoms with Gasteiger partial charge >= 0.3 is 0 Å². The molecule has 1 saturated carbocycles. The third-order valence-electron chi connectivity index (χ3n) is 6.55. The Morgan fingerprint density at radius 2 is 1.97 bits per heavy atom. The van der Waals surface area contributed by atoms with Crippen molar-refractivity contribution < 1.29 is 19.1 Å². The molecule has 1 aromatic heterocycles. The highest BCUT2D eigenvalue weighted by atomic mass is 35.5. The first-order chi connectivity index (χ1) is 16.0. The van der Waals surface area contributed by atoms with Crippen molar-refractivity contribution in [1.29, 1.82) is 0 Å². The molecule has 3 aromatic rings. The first-order valence-electron chi connectivity index (χ1n) is 10.9. The van der Waals surface area contributed by atoms with Gasteiger partial charge in [-0.2, -0.15) is 0 Å². The Bertz CT molecular complexity index is 1220. The summed E-state index contributed by atoms with van der Waals surface area (Å²) in [6.07, 6.45) is 2.07. The van der Waals surface area contributed by atoms with Crippen LogP contribution in [0.3, 0.4) is 0 Å². The van der Waals surface area contributed by atoms with Gasteiger partial charge in [-0.1, -0.05) is 41.9 Å². The van der Waals surface area contributed by atoms with Crippen LogP contribution in [0, 0.1) is 0 Å². The molecule has 6 nitrogen and oxygen atoms in total. The summed E-state index contributed by atoms with van der Waals surface area (Å²) in [5.41, 5.74) is 0.390. The van der Waals surface area contributed by atoms with Crippen molar-refractivity contribution in [1.82, 2.24) is 10.6 Å². The summed E-state index contributed by atoms with van der Waals surface area (Å²) < 4.78 is 6.63. The number of carbonyl (C=O) groups is 3. The lowest BCUT2D eigenvalue weighted by Gasteiger charge is -2.30. The fourth-order valence-corrected chi connectivity index (χ4v) is 5.86. The van der Waals surface area contributed by atoms with Gasteiger partial charge in [0.05, 0.1) is 11.7 Å². The van der Waals surface area contributed by atoms with Crippen molar-refractivity contribution in [2.45, 2.75) is 43.4 Å². The second-order valence-electron chi connectivity index (χ2n) is 8.58. The number of hydrogen-bond acceptors (Lipinski definition) is 5. The van der Waals surface area contributed by atoms with Gasteiger partial charge in [0.15, 0.2) is 5.78 Å². The highest BCUT2D eigenvalue weighted by Gasteiger charge is 2.55. The second-order valence-corrected chi connectivity index (χ2v) is 9.93. The maximum atomic E-state index is 13.5. The Morgan fingerprint density at radius 1 is 1.18 bits per heavy atom. The minimum atomic E-state index is -0.991. The van der Waals surface area contributed by atoms with E-state index >= 15 is 0 Å². The Morgan fingerprint density at radius 3 is 2.79 bits per heavy atom. The molecule has 0 bridgehead atoms. The Balaban J connectivity index is 1.41. The monoisotopic (exact) mass is 482 g/mol. The number of fused-ring (bicyclic) bond motifs is 2. The van der Waals surface area contributed by atoms with Crippen LogP contribution in [-0.2, 0) is 20.7 Å². The lowest BCUT2D eigenvalue weighted by molar-refractivity contribution is -0.131. The van der Waals surface area contributed by atoms with Crippen LogP contribution in [0.1, 0.15) is 35.2 Å². The van der Waals surface area contributed by atoms with Crippen LogP contribution < -0.4 is 10.6 Å². The second kappa shape index (κ2) is 8.89. The molecule has 8 heteroatoms. The van der Waals surface area contributed by atoms with Gasteiger partial charge in [0, 0.05) is 26.9 Å². The van der Waals surface area contributed by atoms with Crippen molar-refractivity contribution in [2.75, 3.05) is 6.61 Å². The van der Waals surface area contributed by atoms with Crippen LogP contribution in [0.4, 0.5) is 0 Å². The van der Waals surface area contributed by atoms with Crippen LogP contribution in [0.5, 0.6) is 0 Å². The van der Waals surface area contributed by atoms with Crippen molar-refractivity contribution in [3.63, 3.8) is 0 Å². The maximum Gasteiger partial charge on any atom is 0.253 e. The van der Waals surface area contributed by atoms with E-state index in [0.29, 0.717) is 17.0 Å². The number of ketones is 1. The van der Waals surface area contributed by atoms with Crippen LogP contribution in [0.25, 0.3) is 10.1 Å². The van der Waals surface area contributed by atoms with E-state index in [1.807, 2.05) is 36.4 Å². The first-order valence-corrected chi connectivity index (χ1v) is 12.2. The average molecular weight is 483 g/mol. The Hall–Kier alpha value is -2.74. The minimum absolute atomic E-state index is 0.0139. The summed E-state index contributed by atoms with van der Waals surface area (Å²) in [7, 11) is 0. The maximum absolute atomic E-state index is 13.5. The lowest BCUT2D eigenvalue weighted by Crippen LogP contribution is -2.60. The van der Waals surface area contributed by atoms with Crippen molar-refractivity contribution in [3.8, 4) is 0 Å². The van der Waals surface area contributed by atoms with E-state index in [4.69, 9.17) is 16.3 Å². The van der Waals surface area contributed by atoms with Crippen molar-refractivity contribution in [3.05, 3.63) is 70.1 Å². The quantitative estimate of drug-likeness (QED) is 0.558. The molecule has 1 saturated heterocycles. The topological polar surface area (TPSA) is 84.5 Å². The van der Waals surface area contributed by atoms with Crippen molar-refractivity contribution >= 4 is 50.6 Å². The molecule has 2 aliphatic rings. The molecule has 2 heterocycles. The molecular weight excluding hydrogens is 460 g/mol. The summed E-state index contributed by atoms with van der Waals surface area (Å²) in [5, 5.41) is 9.12. The molecule has 5 rings (SSSR count). The number of halogens is 1. The third kappa shape index (κ3) is 4.16. The molecule has 2 fully saturated rings. The number of hydrogen-bond donors (Lipinski definition) is 2. The van der Waals surface area contributed by atoms with E-state index < -0.39 is 11.6 Å². The summed E-state index contributed by atoms with van der Waals surface area (Å²) in [4.78, 5) is 39.3. The number of rotatable bonds is 6. The van der Waals surface area contributed by atoms with Gasteiger partial charge in [-0.25, -0.2) is 0 Å². The number of carbonyl (C=O) groups excluding carboxylic acids is 3. The van der Waals surface area contributed by atoms with E-state index in [-0.39, 0.29) is 36.7 Å². The van der Waals surface area contributed by atoms with Gasteiger partial charge in [0.25, 0.3) is 5.91 Å². The number of nitrogens with one attached hydrogen (secondary N) is 2. The molecule has 0 radical (unpaired) electrons. The van der Waals surface area contributed by atoms with Crippen molar-refractivity contribution in [2.24, 2.45) is 0 Å². The van der Waals surface area contributed by atoms with E-state index in [1.54, 1.807) is 17.5 Å². The summed E-state index contributed by atoms with van der Waals surface area (Å²) in [6, 6.07) is 14.0. The lowest BCUT2D eigenvalue weighted by atomic mass is 9.91. The standard InChI is InChI=1S/C25H23ClN2O4S/c26-16-9-7-15(8-10-16)12-19(24(31)28-25-11-3-6-22(25)32-13-21(25)29)27-23(30)18-14-33-20-5-2-1-4-17(18)20/h1-2,4-5,7-10,14,19,22H,3,6,11-13H2,(H,27,30)(H,28,31). The summed E-state index contributed by atoms with van der Waals surface area (Å²) in [6.45, 7) is 0.0139. The minimum Gasteiger partial charge on any atom is -0.367 e. The number of thiophene rings is 1. The zero-order chi connectivity index (χ0) is 23.0. The van der Waals surface area contributed by atoms with Crippen LogP contribution >= 0.6 is 22.9 Å². The van der Waals surface area contributed by atoms with Crippen LogP contribution in [0.15, 0.2) is 53.9 Å². The van der Waals surface area contributed by atoms with Crippen LogP contribution in [0.2, 0.25) is 5.02 Å². The normalized spacial score (nSPS) is 22.8. The zero-order valence-corrected chi connectivity index (χ0v) is 19.4. The van der Waals surface area contributed by atoms with E-state index in [0.717, 1.165) is 28.5 Å². The van der Waals surface area contributed by atoms with Gasteiger partial charge in [-0.05, 0) is 43.0 Å². The van der Waals surface area contributed by atoms with Gasteiger partial charge in [0.1, 0.15) is 18.2 Å². The molecular formula is C25H23ClN2O4S. The molecule has 3 atom stereocenters. The summed E-state index contributed by atoms with van der Waals surface area (Å²) >= 11 is 7.49. The molecule has 170 valence electrons. The van der Waals surface area contributed by atoms with E-state index in [1.165, 1.54) is 11.3 Å². The molecule has 1 aliphatic heterocycles. The highest BCUT2D eigenvalue weighted by Crippen LogP contribution is 2.38. The number of Topliss-reactive ketones (excluding diaryl/α,β-unsaturated/α-hetero) is 1. The molecule has 2 aromatic carbocycles. The molecule has 33 heavy (non-hydrogen) atoms. The average Bonchev–Trinajstić information content (AvgIpc) is 3.50. The fourth-order valence-electron chi connectivity index (χ4n) is 4.80. The molecule has 1 aliphatic carbocycles. The van der Waals surface area contributed by atoms with Gasteiger partial charge in [0.2, 0.25) is 5.91 Å². The smallest absolute Gasteiger partial charge is 0.253 e. The number of ether oxygens (including phenoxy) is 1. The SMILES string of the molecule is O=C(NC(Cc1ccc(Cl)cc1)C(=O)NC12CCCC1OCC2=O)c1csc2ccccc12. The van der Waals surface area contributed by atoms with E-state index in [9.17, 15) is 14.4 Å². The Labute approximate surface area is 200 Å².